The highest BCUT2D eigenvalue weighted by molar-refractivity contribution is 5.76. The zero-order chi connectivity index (χ0) is 12.6. The second-order valence-corrected chi connectivity index (χ2v) is 3.19. The topological polar surface area (TPSA) is 78.3 Å². The van der Waals surface area contributed by atoms with Crippen molar-refractivity contribution in [1.82, 2.24) is 4.57 Å². The van der Waals surface area contributed by atoms with Gasteiger partial charge in [0, 0.05) is 12.1 Å². The van der Waals surface area contributed by atoms with E-state index in [4.69, 9.17) is 10.8 Å². The number of nitrogens with zero attached hydrogens (tertiary/aromatic N) is 2. The Kier molecular flexibility index (Phi) is 2.40. The average molecular weight is 236 g/mol. The van der Waals surface area contributed by atoms with Crippen LogP contribution in [0.4, 0.5) is 10.1 Å². The van der Waals surface area contributed by atoms with Gasteiger partial charge in [-0.3, -0.25) is 14.7 Å². The van der Waals surface area contributed by atoms with E-state index in [1.165, 1.54) is 0 Å². The van der Waals surface area contributed by atoms with Gasteiger partial charge in [-0.1, -0.05) is 5.92 Å². The molecular weight excluding hydrogens is 231 g/mol. The largest absolute Gasteiger partial charge is 0.420 e. The second kappa shape index (κ2) is 3.75. The number of hydrogen-bond donors (Lipinski definition) is 0. The lowest BCUT2D eigenvalue weighted by Crippen LogP contribution is -2.13. The third-order valence-corrected chi connectivity index (χ3v) is 2.18. The molecule has 2 rings (SSSR count). The van der Waals surface area contributed by atoms with Crippen molar-refractivity contribution in [3.63, 3.8) is 0 Å². The minimum absolute atomic E-state index is 0.0756. The molecule has 0 N–H and O–H groups in total. The maximum atomic E-state index is 13.2. The molecule has 0 atom stereocenters. The highest BCUT2D eigenvalue weighted by Crippen LogP contribution is 2.23. The van der Waals surface area contributed by atoms with Gasteiger partial charge in [-0.25, -0.2) is 4.79 Å². The molecule has 0 saturated heterocycles. The van der Waals surface area contributed by atoms with Gasteiger partial charge in [-0.15, -0.1) is 6.42 Å². The summed E-state index contributed by atoms with van der Waals surface area (Å²) >= 11 is 0. The molecule has 0 amide bonds. The first kappa shape index (κ1) is 10.9. The van der Waals surface area contributed by atoms with Crippen molar-refractivity contribution in [2.45, 2.75) is 6.54 Å². The number of nitro benzene ring substituents is 1. The van der Waals surface area contributed by atoms with Crippen LogP contribution in [-0.2, 0) is 6.54 Å². The van der Waals surface area contributed by atoms with E-state index in [0.717, 1.165) is 16.7 Å². The monoisotopic (exact) mass is 236 g/mol. The molecule has 0 aliphatic carbocycles. The first-order valence-electron chi connectivity index (χ1n) is 4.45. The number of hydrogen-bond acceptors (Lipinski definition) is 4. The van der Waals surface area contributed by atoms with Gasteiger partial charge in [0.05, 0.1) is 17.0 Å². The molecule has 0 radical (unpaired) electrons. The summed E-state index contributed by atoms with van der Waals surface area (Å²) in [7, 11) is 0. The highest BCUT2D eigenvalue weighted by Gasteiger charge is 2.19. The Balaban J connectivity index is 2.82. The van der Waals surface area contributed by atoms with E-state index in [1.807, 2.05) is 0 Å². The zero-order valence-electron chi connectivity index (χ0n) is 8.34. The van der Waals surface area contributed by atoms with Crippen LogP contribution >= 0.6 is 0 Å². The molecule has 1 aromatic carbocycles. The Morgan fingerprint density at radius 3 is 2.88 bits per heavy atom. The number of fused-ring (bicyclic) bond motifs is 1. The molecule has 6 nitrogen and oxygen atoms in total. The summed E-state index contributed by atoms with van der Waals surface area (Å²) in [6.45, 7) is -0.103. The van der Waals surface area contributed by atoms with Gasteiger partial charge in [-0.05, 0) is 0 Å². The van der Waals surface area contributed by atoms with Crippen molar-refractivity contribution in [3.8, 4) is 12.3 Å². The molecule has 1 aromatic heterocycles. The van der Waals surface area contributed by atoms with E-state index in [9.17, 15) is 19.3 Å². The molecular formula is C10H5FN2O4. The van der Waals surface area contributed by atoms with Gasteiger partial charge in [0.1, 0.15) is 0 Å². The van der Waals surface area contributed by atoms with Crippen molar-refractivity contribution in [2.75, 3.05) is 0 Å². The van der Waals surface area contributed by atoms with E-state index < -0.39 is 22.2 Å². The van der Waals surface area contributed by atoms with Gasteiger partial charge < -0.3 is 4.42 Å². The Morgan fingerprint density at radius 1 is 1.59 bits per heavy atom. The van der Waals surface area contributed by atoms with Gasteiger partial charge in [0.25, 0.3) is 0 Å². The molecule has 86 valence electrons. The molecule has 7 heteroatoms. The number of halogens is 1. The summed E-state index contributed by atoms with van der Waals surface area (Å²) < 4.78 is 19.0. The van der Waals surface area contributed by atoms with E-state index in [1.54, 1.807) is 0 Å². The fourth-order valence-electron chi connectivity index (χ4n) is 1.45. The average Bonchev–Trinajstić information content (AvgIpc) is 2.54. The van der Waals surface area contributed by atoms with Crippen LogP contribution < -0.4 is 5.76 Å². The maximum absolute atomic E-state index is 13.2. The number of benzene rings is 1. The van der Waals surface area contributed by atoms with E-state index in [0.29, 0.717) is 0 Å². The summed E-state index contributed by atoms with van der Waals surface area (Å²) in [5.74, 6) is 0.360. The Morgan fingerprint density at radius 2 is 2.29 bits per heavy atom. The molecule has 0 aliphatic rings. The molecule has 0 fully saturated rings. The van der Waals surface area contributed by atoms with E-state index in [-0.39, 0.29) is 17.6 Å². The van der Waals surface area contributed by atoms with Crippen LogP contribution in [0.15, 0.2) is 21.3 Å². The Hall–Kier alpha value is -2.62. The molecule has 1 heterocycles. The molecule has 0 aliphatic heterocycles. The lowest BCUT2D eigenvalue weighted by Gasteiger charge is -1.96. The van der Waals surface area contributed by atoms with Crippen molar-refractivity contribution in [2.24, 2.45) is 0 Å². The SMILES string of the molecule is C#CCn1c(=O)oc2cc(F)c([N+](=O)[O-])cc21. The van der Waals surface area contributed by atoms with Gasteiger partial charge in [-0.2, -0.15) is 4.39 Å². The lowest BCUT2D eigenvalue weighted by molar-refractivity contribution is -0.387. The van der Waals surface area contributed by atoms with Crippen molar-refractivity contribution in [1.29, 1.82) is 0 Å². The number of oxazole rings is 1. The molecule has 0 spiro atoms. The Bertz CT molecular complexity index is 707. The van der Waals surface area contributed by atoms with Crippen LogP contribution in [0.25, 0.3) is 11.1 Å². The predicted octanol–water partition coefficient (Wildman–Crippen LogP) is 1.27. The minimum atomic E-state index is -1.07. The number of nitro groups is 1. The first-order chi connectivity index (χ1) is 8.04. The maximum Gasteiger partial charge on any atom is 0.420 e. The van der Waals surface area contributed by atoms with Crippen molar-refractivity contribution in [3.05, 3.63) is 38.6 Å². The molecule has 0 saturated carbocycles. The van der Waals surface area contributed by atoms with E-state index in [2.05, 4.69) is 5.92 Å². The van der Waals surface area contributed by atoms with Gasteiger partial charge in [0.2, 0.25) is 5.82 Å². The smallest absolute Gasteiger partial charge is 0.408 e. The van der Waals surface area contributed by atoms with Crippen LogP contribution in [0.2, 0.25) is 0 Å². The van der Waals surface area contributed by atoms with Crippen molar-refractivity contribution < 1.29 is 13.7 Å². The zero-order valence-corrected chi connectivity index (χ0v) is 8.34. The predicted molar refractivity (Wildman–Crippen MR) is 55.9 cm³/mol. The summed E-state index contributed by atoms with van der Waals surface area (Å²) in [4.78, 5) is 21.0. The van der Waals surface area contributed by atoms with Crippen LogP contribution in [0.1, 0.15) is 0 Å². The molecule has 2 aromatic rings. The van der Waals surface area contributed by atoms with E-state index >= 15 is 0 Å². The number of aromatic nitrogens is 1. The fraction of sp³-hybridized carbons (Fsp3) is 0.100. The highest BCUT2D eigenvalue weighted by atomic mass is 19.1. The summed E-state index contributed by atoms with van der Waals surface area (Å²) in [5.41, 5.74) is -0.710. The number of terminal acetylenes is 1. The number of rotatable bonds is 2. The van der Waals surface area contributed by atoms with Crippen molar-refractivity contribution >= 4 is 16.8 Å². The normalized spacial score (nSPS) is 10.4. The minimum Gasteiger partial charge on any atom is -0.408 e. The lowest BCUT2D eigenvalue weighted by atomic mass is 10.2. The first-order valence-corrected chi connectivity index (χ1v) is 4.45. The molecule has 0 unspecified atom stereocenters. The quantitative estimate of drug-likeness (QED) is 0.447. The van der Waals surface area contributed by atoms with Crippen LogP contribution in [0.5, 0.6) is 0 Å². The summed E-state index contributed by atoms with van der Waals surface area (Å²) in [6.07, 6.45) is 5.05. The Labute approximate surface area is 93.4 Å². The van der Waals surface area contributed by atoms with Gasteiger partial charge in [0.15, 0.2) is 5.58 Å². The third-order valence-electron chi connectivity index (χ3n) is 2.18. The molecule has 0 bridgehead atoms. The third kappa shape index (κ3) is 1.65. The molecule has 17 heavy (non-hydrogen) atoms. The van der Waals surface area contributed by atoms with Crippen LogP contribution in [0.3, 0.4) is 0 Å². The summed E-state index contributed by atoms with van der Waals surface area (Å²) in [5, 5.41) is 10.5. The van der Waals surface area contributed by atoms with Crippen LogP contribution in [-0.4, -0.2) is 9.49 Å². The van der Waals surface area contributed by atoms with Crippen LogP contribution in [0, 0.1) is 28.3 Å². The van der Waals surface area contributed by atoms with Gasteiger partial charge >= 0.3 is 11.4 Å². The fourth-order valence-corrected chi connectivity index (χ4v) is 1.45. The summed E-state index contributed by atoms with van der Waals surface area (Å²) in [6, 6.07) is 1.72. The second-order valence-electron chi connectivity index (χ2n) is 3.19. The standard InChI is InChI=1S/C10H5FN2O4/c1-2-3-12-8-5-7(13(15)16)6(11)4-9(8)17-10(12)14/h1,4-5H,3H2.